The second-order valence-corrected chi connectivity index (χ2v) is 4.79. The summed E-state index contributed by atoms with van der Waals surface area (Å²) in [7, 11) is 0. The Kier molecular flexibility index (Phi) is 4.33. The van der Waals surface area contributed by atoms with Crippen LogP contribution in [-0.4, -0.2) is 22.0 Å². The summed E-state index contributed by atoms with van der Waals surface area (Å²) in [5, 5.41) is 11.7. The maximum atomic E-state index is 12.0. The van der Waals surface area contributed by atoms with Crippen LogP contribution in [0.2, 0.25) is 0 Å². The molecule has 5 nitrogen and oxygen atoms in total. The van der Waals surface area contributed by atoms with Gasteiger partial charge in [0.2, 0.25) is 0 Å². The molecule has 0 aliphatic rings. The number of carboxylic acid groups (broad SMARTS) is 1. The van der Waals surface area contributed by atoms with Crippen LogP contribution >= 0.6 is 0 Å². The molecule has 0 spiro atoms. The molecule has 2 aromatic rings. The van der Waals surface area contributed by atoms with Gasteiger partial charge in [-0.3, -0.25) is 4.79 Å². The van der Waals surface area contributed by atoms with Crippen LogP contribution in [-0.2, 0) is 6.54 Å². The highest BCUT2D eigenvalue weighted by molar-refractivity contribution is 5.92. The van der Waals surface area contributed by atoms with Crippen molar-refractivity contribution in [2.24, 2.45) is 0 Å². The van der Waals surface area contributed by atoms with Crippen molar-refractivity contribution in [3.8, 4) is 0 Å². The van der Waals surface area contributed by atoms with Crippen LogP contribution in [0.25, 0.3) is 0 Å². The maximum Gasteiger partial charge on any atom is 0.335 e. The van der Waals surface area contributed by atoms with E-state index in [1.54, 1.807) is 18.2 Å². The number of amides is 1. The van der Waals surface area contributed by atoms with E-state index >= 15 is 0 Å². The van der Waals surface area contributed by atoms with Crippen LogP contribution in [0.3, 0.4) is 0 Å². The van der Waals surface area contributed by atoms with Crippen molar-refractivity contribution < 1.29 is 14.7 Å². The summed E-state index contributed by atoms with van der Waals surface area (Å²) in [4.78, 5) is 27.1. The number of carbonyl (C=O) groups excluding carboxylic acids is 1. The number of aryl methyl sites for hydroxylation is 2. The largest absolute Gasteiger partial charge is 0.478 e. The number of hydrogen-bond acceptors (Lipinski definition) is 3. The first-order valence-electron chi connectivity index (χ1n) is 6.52. The van der Waals surface area contributed by atoms with Gasteiger partial charge in [0.25, 0.3) is 5.91 Å². The Balaban J connectivity index is 2.05. The van der Waals surface area contributed by atoms with E-state index < -0.39 is 5.97 Å². The first kappa shape index (κ1) is 14.7. The Morgan fingerprint density at radius 1 is 1.19 bits per heavy atom. The van der Waals surface area contributed by atoms with Gasteiger partial charge in [0.1, 0.15) is 5.69 Å². The van der Waals surface area contributed by atoms with Gasteiger partial charge in [-0.15, -0.1) is 0 Å². The molecule has 0 atom stereocenters. The van der Waals surface area contributed by atoms with E-state index in [2.05, 4.69) is 10.3 Å². The van der Waals surface area contributed by atoms with Gasteiger partial charge >= 0.3 is 5.97 Å². The Labute approximate surface area is 122 Å². The fraction of sp³-hybridized carbons (Fsp3) is 0.188. The van der Waals surface area contributed by atoms with Crippen molar-refractivity contribution in [1.29, 1.82) is 0 Å². The van der Waals surface area contributed by atoms with E-state index in [9.17, 15) is 9.59 Å². The zero-order valence-electron chi connectivity index (χ0n) is 11.9. The highest BCUT2D eigenvalue weighted by Gasteiger charge is 2.09. The number of rotatable bonds is 4. The lowest BCUT2D eigenvalue weighted by Gasteiger charge is -2.07. The average Bonchev–Trinajstić information content (AvgIpc) is 2.48. The molecule has 108 valence electrons. The molecule has 0 aliphatic carbocycles. The lowest BCUT2D eigenvalue weighted by molar-refractivity contribution is 0.0696. The van der Waals surface area contributed by atoms with Gasteiger partial charge in [-0.1, -0.05) is 18.2 Å². The quantitative estimate of drug-likeness (QED) is 0.903. The highest BCUT2D eigenvalue weighted by Crippen LogP contribution is 2.07. The number of carbonyl (C=O) groups is 2. The monoisotopic (exact) mass is 284 g/mol. The van der Waals surface area contributed by atoms with Crippen molar-refractivity contribution in [1.82, 2.24) is 10.3 Å². The van der Waals surface area contributed by atoms with E-state index in [1.807, 2.05) is 19.9 Å². The summed E-state index contributed by atoms with van der Waals surface area (Å²) < 4.78 is 0. The summed E-state index contributed by atoms with van der Waals surface area (Å²) in [6, 6.07) is 9.99. The van der Waals surface area contributed by atoms with Crippen LogP contribution < -0.4 is 5.32 Å². The molecule has 0 unspecified atom stereocenters. The molecule has 0 saturated carbocycles. The summed E-state index contributed by atoms with van der Waals surface area (Å²) >= 11 is 0. The number of hydrogen-bond donors (Lipinski definition) is 2. The maximum absolute atomic E-state index is 12.0. The molecule has 2 rings (SSSR count). The normalized spacial score (nSPS) is 10.2. The van der Waals surface area contributed by atoms with Gasteiger partial charge in [0.15, 0.2) is 0 Å². The topological polar surface area (TPSA) is 79.3 Å². The van der Waals surface area contributed by atoms with Crippen LogP contribution in [0, 0.1) is 13.8 Å². The fourth-order valence-electron chi connectivity index (χ4n) is 1.84. The number of carboxylic acids is 1. The Hall–Kier alpha value is -2.69. The molecule has 1 aromatic carbocycles. The molecule has 0 fully saturated rings. The first-order chi connectivity index (χ1) is 9.97. The summed E-state index contributed by atoms with van der Waals surface area (Å²) in [5.41, 5.74) is 3.13. The smallest absolute Gasteiger partial charge is 0.335 e. The molecule has 2 N–H and O–H groups in total. The molecule has 5 heteroatoms. The number of nitrogens with one attached hydrogen (secondary N) is 1. The number of benzene rings is 1. The lowest BCUT2D eigenvalue weighted by atomic mass is 10.1. The number of pyridine rings is 1. The minimum atomic E-state index is -0.987. The van der Waals surface area contributed by atoms with Crippen LogP contribution in [0.4, 0.5) is 0 Å². The van der Waals surface area contributed by atoms with Gasteiger partial charge in [-0.2, -0.15) is 0 Å². The van der Waals surface area contributed by atoms with Gasteiger partial charge in [-0.25, -0.2) is 9.78 Å². The minimum Gasteiger partial charge on any atom is -0.478 e. The van der Waals surface area contributed by atoms with E-state index in [1.165, 1.54) is 12.1 Å². The summed E-state index contributed by atoms with van der Waals surface area (Å²) in [6.45, 7) is 4.04. The van der Waals surface area contributed by atoms with Crippen molar-refractivity contribution >= 4 is 11.9 Å². The molecule has 0 bridgehead atoms. The van der Waals surface area contributed by atoms with E-state index in [-0.39, 0.29) is 18.0 Å². The molecular weight excluding hydrogens is 268 g/mol. The SMILES string of the molecule is Cc1ccc(C(=O)NCc2cccc(C(=O)O)c2)nc1C. The second kappa shape index (κ2) is 6.17. The Morgan fingerprint density at radius 3 is 2.62 bits per heavy atom. The van der Waals surface area contributed by atoms with Crippen molar-refractivity contribution in [2.75, 3.05) is 0 Å². The predicted molar refractivity (Wildman–Crippen MR) is 78.3 cm³/mol. The number of aromatic carboxylic acids is 1. The fourth-order valence-corrected chi connectivity index (χ4v) is 1.84. The van der Waals surface area contributed by atoms with E-state index in [0.29, 0.717) is 5.69 Å². The Morgan fingerprint density at radius 2 is 1.95 bits per heavy atom. The molecule has 0 radical (unpaired) electrons. The second-order valence-electron chi connectivity index (χ2n) is 4.79. The predicted octanol–water partition coefficient (Wildman–Crippen LogP) is 2.33. The van der Waals surface area contributed by atoms with E-state index in [0.717, 1.165) is 16.8 Å². The van der Waals surface area contributed by atoms with Crippen LogP contribution in [0.5, 0.6) is 0 Å². The molecule has 0 saturated heterocycles. The molecule has 1 aromatic heterocycles. The standard InChI is InChI=1S/C16H16N2O3/c1-10-6-7-14(18-11(10)2)15(19)17-9-12-4-3-5-13(8-12)16(20)21/h3-8H,9H2,1-2H3,(H,17,19)(H,20,21). The van der Waals surface area contributed by atoms with Gasteiger partial charge in [0.05, 0.1) is 5.56 Å². The third-order valence-corrected chi connectivity index (χ3v) is 3.21. The van der Waals surface area contributed by atoms with Gasteiger partial charge in [-0.05, 0) is 43.2 Å². The average molecular weight is 284 g/mol. The summed E-state index contributed by atoms with van der Waals surface area (Å²) in [6.07, 6.45) is 0. The molecule has 21 heavy (non-hydrogen) atoms. The number of aromatic nitrogens is 1. The lowest BCUT2D eigenvalue weighted by Crippen LogP contribution is -2.24. The molecular formula is C16H16N2O3. The van der Waals surface area contributed by atoms with E-state index in [4.69, 9.17) is 5.11 Å². The minimum absolute atomic E-state index is 0.200. The molecule has 1 amide bonds. The van der Waals surface area contributed by atoms with Crippen molar-refractivity contribution in [2.45, 2.75) is 20.4 Å². The highest BCUT2D eigenvalue weighted by atomic mass is 16.4. The van der Waals surface area contributed by atoms with Crippen molar-refractivity contribution in [3.63, 3.8) is 0 Å². The van der Waals surface area contributed by atoms with Crippen LogP contribution in [0.1, 0.15) is 37.7 Å². The summed E-state index contributed by atoms with van der Waals surface area (Å²) in [5.74, 6) is -1.27. The van der Waals surface area contributed by atoms with Crippen LogP contribution in [0.15, 0.2) is 36.4 Å². The third kappa shape index (κ3) is 3.66. The Bertz CT molecular complexity index is 696. The number of nitrogens with zero attached hydrogens (tertiary/aromatic N) is 1. The first-order valence-corrected chi connectivity index (χ1v) is 6.52. The molecule has 1 heterocycles. The zero-order chi connectivity index (χ0) is 15.4. The van der Waals surface area contributed by atoms with Gasteiger partial charge < -0.3 is 10.4 Å². The zero-order valence-corrected chi connectivity index (χ0v) is 11.9. The molecule has 0 aliphatic heterocycles. The van der Waals surface area contributed by atoms with Gasteiger partial charge in [0, 0.05) is 12.2 Å². The third-order valence-electron chi connectivity index (χ3n) is 3.21. The van der Waals surface area contributed by atoms with Crippen molar-refractivity contribution in [3.05, 3.63) is 64.5 Å².